The van der Waals surface area contributed by atoms with Crippen LogP contribution >= 0.6 is 0 Å². The second-order valence-corrected chi connectivity index (χ2v) is 5.74. The van der Waals surface area contributed by atoms with Crippen LogP contribution in [0.1, 0.15) is 0 Å². The average molecular weight is 356 g/mol. The molecule has 10 atom stereocenters. The van der Waals surface area contributed by atoms with E-state index in [4.69, 9.17) is 24.1 Å². The highest BCUT2D eigenvalue weighted by atomic mass is 16.7. The number of hydrogen-bond acceptors (Lipinski definition) is 11. The first kappa shape index (κ1) is 19.9. The molecule has 24 heavy (non-hydrogen) atoms. The lowest BCUT2D eigenvalue weighted by Gasteiger charge is -2.45. The van der Waals surface area contributed by atoms with Crippen molar-refractivity contribution < 1.29 is 54.7 Å². The number of aliphatic hydroxyl groups excluding tert-OH is 7. The quantitative estimate of drug-likeness (QED) is 0.251. The summed E-state index contributed by atoms with van der Waals surface area (Å²) in [4.78, 5) is 0. The van der Waals surface area contributed by atoms with Crippen molar-refractivity contribution in [3.8, 4) is 0 Å². The molecule has 142 valence electrons. The van der Waals surface area contributed by atoms with Gasteiger partial charge < -0.3 is 54.7 Å². The summed E-state index contributed by atoms with van der Waals surface area (Å²) in [5.41, 5.74) is 0. The molecule has 2 heterocycles. The number of methoxy groups -OCH3 is 1. The van der Waals surface area contributed by atoms with Crippen molar-refractivity contribution in [2.45, 2.75) is 61.4 Å². The van der Waals surface area contributed by atoms with Crippen molar-refractivity contribution in [3.63, 3.8) is 0 Å². The predicted molar refractivity (Wildman–Crippen MR) is 73.4 cm³/mol. The molecule has 7 N–H and O–H groups in total. The van der Waals surface area contributed by atoms with Gasteiger partial charge in [0.2, 0.25) is 0 Å². The van der Waals surface area contributed by atoms with Gasteiger partial charge in [-0.15, -0.1) is 0 Å². The van der Waals surface area contributed by atoms with Gasteiger partial charge in [-0.05, 0) is 0 Å². The molecule has 0 aromatic rings. The third-order valence-electron chi connectivity index (χ3n) is 4.19. The van der Waals surface area contributed by atoms with Gasteiger partial charge in [-0.3, -0.25) is 0 Å². The molecule has 0 aromatic heterocycles. The number of rotatable bonds is 5. The Morgan fingerprint density at radius 2 is 1.25 bits per heavy atom. The molecule has 0 aromatic carbocycles. The van der Waals surface area contributed by atoms with E-state index in [0.29, 0.717) is 0 Å². The second-order valence-electron chi connectivity index (χ2n) is 5.74. The summed E-state index contributed by atoms with van der Waals surface area (Å²) >= 11 is 0. The lowest BCUT2D eigenvalue weighted by atomic mass is 9.97. The number of hydrogen-bond donors (Lipinski definition) is 7. The van der Waals surface area contributed by atoms with Crippen LogP contribution in [0.5, 0.6) is 0 Å². The summed E-state index contributed by atoms with van der Waals surface area (Å²) in [6.07, 6.45) is -14.3. The maximum Gasteiger partial charge on any atom is 0.187 e. The van der Waals surface area contributed by atoms with Gasteiger partial charge in [0.05, 0.1) is 13.2 Å². The molecule has 1 unspecified atom stereocenters. The third kappa shape index (κ3) is 3.71. The molecule has 0 amide bonds. The lowest BCUT2D eigenvalue weighted by Crippen LogP contribution is -2.64. The maximum atomic E-state index is 10.2. The molecular formula is C13H24O11. The minimum atomic E-state index is -1.69. The van der Waals surface area contributed by atoms with Gasteiger partial charge in [0.15, 0.2) is 12.6 Å². The molecule has 0 bridgehead atoms. The highest BCUT2D eigenvalue weighted by molar-refractivity contribution is 4.93. The molecule has 2 saturated heterocycles. The van der Waals surface area contributed by atoms with E-state index in [2.05, 4.69) is 0 Å². The molecule has 2 aliphatic heterocycles. The Labute approximate surface area is 137 Å². The molecule has 11 heteroatoms. The summed E-state index contributed by atoms with van der Waals surface area (Å²) in [6.45, 7) is -1.24. The Bertz CT molecular complexity index is 392. The van der Waals surface area contributed by atoms with Crippen LogP contribution in [0.15, 0.2) is 0 Å². The van der Waals surface area contributed by atoms with E-state index in [1.165, 1.54) is 7.11 Å². The topological polar surface area (TPSA) is 179 Å². The fourth-order valence-electron chi connectivity index (χ4n) is 2.75. The molecular weight excluding hydrogens is 332 g/mol. The molecule has 0 aliphatic carbocycles. The smallest absolute Gasteiger partial charge is 0.187 e. The zero-order valence-electron chi connectivity index (χ0n) is 13.0. The zero-order chi connectivity index (χ0) is 18.0. The van der Waals surface area contributed by atoms with Crippen LogP contribution in [0.4, 0.5) is 0 Å². The van der Waals surface area contributed by atoms with E-state index in [9.17, 15) is 30.6 Å². The van der Waals surface area contributed by atoms with E-state index in [-0.39, 0.29) is 0 Å². The van der Waals surface area contributed by atoms with Crippen molar-refractivity contribution in [1.29, 1.82) is 0 Å². The Balaban J connectivity index is 2.12. The third-order valence-corrected chi connectivity index (χ3v) is 4.19. The molecule has 2 aliphatic rings. The van der Waals surface area contributed by atoms with Gasteiger partial charge in [0.1, 0.15) is 48.8 Å². The first-order valence-electron chi connectivity index (χ1n) is 7.46. The monoisotopic (exact) mass is 356 g/mol. The molecule has 2 fully saturated rings. The van der Waals surface area contributed by atoms with Crippen molar-refractivity contribution in [1.82, 2.24) is 0 Å². The van der Waals surface area contributed by atoms with Crippen molar-refractivity contribution in [2.75, 3.05) is 20.3 Å². The lowest BCUT2D eigenvalue weighted by molar-refractivity contribution is -0.357. The Hall–Kier alpha value is -0.440. The standard InChI is InChI=1S/C13H24O11/c1-21-12-10(20)8(18)11(5(3-15)23-12)24-13-9(19)7(17)6(16)4(2-14)22-13/h4-20H,2-3H2,1H3/t4-,5?,6-,7+,8-,9-,10-,11-,12+,13-/m1/s1. The van der Waals surface area contributed by atoms with E-state index >= 15 is 0 Å². The van der Waals surface area contributed by atoms with E-state index in [1.807, 2.05) is 0 Å². The van der Waals surface area contributed by atoms with E-state index < -0.39 is 74.6 Å². The summed E-state index contributed by atoms with van der Waals surface area (Å²) in [6, 6.07) is 0. The van der Waals surface area contributed by atoms with Crippen LogP contribution in [0, 0.1) is 0 Å². The van der Waals surface area contributed by atoms with Gasteiger partial charge >= 0.3 is 0 Å². The molecule has 11 nitrogen and oxygen atoms in total. The fourth-order valence-corrected chi connectivity index (χ4v) is 2.75. The average Bonchev–Trinajstić information content (AvgIpc) is 2.59. The van der Waals surface area contributed by atoms with Crippen molar-refractivity contribution in [3.05, 3.63) is 0 Å². The Kier molecular flexibility index (Phi) is 6.87. The summed E-state index contributed by atoms with van der Waals surface area (Å²) in [7, 11) is 1.24. The van der Waals surface area contributed by atoms with Crippen LogP contribution in [0.2, 0.25) is 0 Å². The largest absolute Gasteiger partial charge is 0.394 e. The van der Waals surface area contributed by atoms with Gasteiger partial charge in [-0.2, -0.15) is 0 Å². The second kappa shape index (κ2) is 8.29. The zero-order valence-corrected chi connectivity index (χ0v) is 13.0. The van der Waals surface area contributed by atoms with Crippen LogP contribution in [-0.4, -0.2) is 117 Å². The predicted octanol–water partition coefficient (Wildman–Crippen LogP) is -4.74. The summed E-state index contributed by atoms with van der Waals surface area (Å²) < 4.78 is 20.6. The van der Waals surface area contributed by atoms with E-state index in [0.717, 1.165) is 0 Å². The van der Waals surface area contributed by atoms with Gasteiger partial charge in [0, 0.05) is 7.11 Å². The van der Waals surface area contributed by atoms with Crippen molar-refractivity contribution in [2.24, 2.45) is 0 Å². The maximum absolute atomic E-state index is 10.2. The molecule has 2 rings (SSSR count). The Morgan fingerprint density at radius 1 is 0.708 bits per heavy atom. The van der Waals surface area contributed by atoms with Gasteiger partial charge in [-0.25, -0.2) is 0 Å². The van der Waals surface area contributed by atoms with Crippen LogP contribution in [-0.2, 0) is 18.9 Å². The minimum Gasteiger partial charge on any atom is -0.394 e. The first-order chi connectivity index (χ1) is 11.3. The fraction of sp³-hybridized carbons (Fsp3) is 1.00. The number of ether oxygens (including phenoxy) is 4. The normalized spacial score (nSPS) is 50.0. The van der Waals surface area contributed by atoms with Crippen LogP contribution in [0.3, 0.4) is 0 Å². The van der Waals surface area contributed by atoms with E-state index in [1.54, 1.807) is 0 Å². The number of aliphatic hydroxyl groups is 7. The highest BCUT2D eigenvalue weighted by Crippen LogP contribution is 2.29. The summed E-state index contributed by atoms with van der Waals surface area (Å²) in [5, 5.41) is 68.0. The summed E-state index contributed by atoms with van der Waals surface area (Å²) in [5.74, 6) is 0. The van der Waals surface area contributed by atoms with Gasteiger partial charge in [0.25, 0.3) is 0 Å². The first-order valence-corrected chi connectivity index (χ1v) is 7.46. The van der Waals surface area contributed by atoms with Crippen LogP contribution in [0.25, 0.3) is 0 Å². The SMILES string of the molecule is CO[C@H]1OC(CO)[C@@H](O[C@H]2O[C@H](CO)[C@@H](O)[C@H](O)[C@H]2O)[C@H](O)[C@H]1O. The molecule has 0 spiro atoms. The Morgan fingerprint density at radius 3 is 1.79 bits per heavy atom. The molecule has 0 saturated carbocycles. The highest BCUT2D eigenvalue weighted by Gasteiger charge is 2.50. The van der Waals surface area contributed by atoms with Gasteiger partial charge in [-0.1, -0.05) is 0 Å². The van der Waals surface area contributed by atoms with Crippen molar-refractivity contribution >= 4 is 0 Å². The minimum absolute atomic E-state index is 0.592. The van der Waals surface area contributed by atoms with Crippen LogP contribution < -0.4 is 0 Å². The molecule has 0 radical (unpaired) electrons.